The van der Waals surface area contributed by atoms with Crippen molar-refractivity contribution in [2.24, 2.45) is 0 Å². The average Bonchev–Trinajstić information content (AvgIpc) is 1.89. The zero-order chi connectivity index (χ0) is 6.95. The van der Waals surface area contributed by atoms with Crippen LogP contribution in [0.3, 0.4) is 0 Å². The molecule has 0 fully saturated rings. The quantitative estimate of drug-likeness (QED) is 0.415. The molecule has 0 N–H and O–H groups in total. The van der Waals surface area contributed by atoms with Gasteiger partial charge in [-0.1, -0.05) is 19.1 Å². The standard InChI is InChI=1S/C8H14O/c1-3-5-6-7-8-9-4-2/h5-8H,3-4H2,1-2H3. The SMILES string of the molecule is CCC=CC=COCC. The Bertz CT molecular complexity index is 92.7. The van der Waals surface area contributed by atoms with E-state index < -0.39 is 0 Å². The number of allylic oxidation sites excluding steroid dienone is 3. The first kappa shape index (κ1) is 8.28. The molecule has 0 rings (SSSR count). The molecule has 0 saturated carbocycles. The summed E-state index contributed by atoms with van der Waals surface area (Å²) in [6, 6.07) is 0. The van der Waals surface area contributed by atoms with E-state index in [-0.39, 0.29) is 0 Å². The molecule has 0 saturated heterocycles. The van der Waals surface area contributed by atoms with Crippen LogP contribution in [0.25, 0.3) is 0 Å². The molecule has 1 nitrogen and oxygen atoms in total. The van der Waals surface area contributed by atoms with Crippen LogP contribution in [-0.2, 0) is 4.74 Å². The van der Waals surface area contributed by atoms with Crippen molar-refractivity contribution in [1.29, 1.82) is 0 Å². The average molecular weight is 126 g/mol. The second kappa shape index (κ2) is 7.28. The highest BCUT2D eigenvalue weighted by atomic mass is 16.5. The molecule has 0 aliphatic heterocycles. The molecule has 0 atom stereocenters. The minimum atomic E-state index is 0.746. The molecule has 9 heavy (non-hydrogen) atoms. The molecule has 1 heteroatoms. The van der Waals surface area contributed by atoms with Crippen LogP contribution < -0.4 is 0 Å². The summed E-state index contributed by atoms with van der Waals surface area (Å²) >= 11 is 0. The van der Waals surface area contributed by atoms with Crippen molar-refractivity contribution >= 4 is 0 Å². The van der Waals surface area contributed by atoms with Gasteiger partial charge in [0, 0.05) is 0 Å². The summed E-state index contributed by atoms with van der Waals surface area (Å²) in [6.07, 6.45) is 8.74. The third-order valence-electron chi connectivity index (χ3n) is 0.824. The zero-order valence-electron chi connectivity index (χ0n) is 6.13. The van der Waals surface area contributed by atoms with Gasteiger partial charge in [-0.2, -0.15) is 0 Å². The van der Waals surface area contributed by atoms with Gasteiger partial charge in [0.2, 0.25) is 0 Å². The monoisotopic (exact) mass is 126 g/mol. The number of rotatable bonds is 4. The van der Waals surface area contributed by atoms with Crippen LogP contribution in [0.15, 0.2) is 24.5 Å². The van der Waals surface area contributed by atoms with Gasteiger partial charge in [0.25, 0.3) is 0 Å². The lowest BCUT2D eigenvalue weighted by Gasteiger charge is -1.87. The molecule has 0 unspecified atom stereocenters. The van der Waals surface area contributed by atoms with E-state index in [2.05, 4.69) is 13.0 Å². The maximum absolute atomic E-state index is 4.95. The van der Waals surface area contributed by atoms with E-state index in [1.54, 1.807) is 6.26 Å². The van der Waals surface area contributed by atoms with Gasteiger partial charge in [0.15, 0.2) is 0 Å². The van der Waals surface area contributed by atoms with Crippen molar-refractivity contribution in [2.45, 2.75) is 20.3 Å². The molecular weight excluding hydrogens is 112 g/mol. The molecule has 0 aromatic carbocycles. The normalized spacial score (nSPS) is 11.3. The van der Waals surface area contributed by atoms with Crippen LogP contribution in [0.4, 0.5) is 0 Å². The van der Waals surface area contributed by atoms with E-state index >= 15 is 0 Å². The Balaban J connectivity index is 3.13. The smallest absolute Gasteiger partial charge is 0.0845 e. The molecule has 0 amide bonds. The van der Waals surface area contributed by atoms with Crippen molar-refractivity contribution in [3.05, 3.63) is 24.5 Å². The van der Waals surface area contributed by atoms with Gasteiger partial charge in [-0.15, -0.1) is 0 Å². The molecule has 52 valence electrons. The second-order valence-corrected chi connectivity index (χ2v) is 1.62. The van der Waals surface area contributed by atoms with E-state index in [0.29, 0.717) is 0 Å². The summed E-state index contributed by atoms with van der Waals surface area (Å²) in [4.78, 5) is 0. The summed E-state index contributed by atoms with van der Waals surface area (Å²) in [5, 5.41) is 0. The van der Waals surface area contributed by atoms with Crippen LogP contribution >= 0.6 is 0 Å². The van der Waals surface area contributed by atoms with E-state index in [9.17, 15) is 0 Å². The van der Waals surface area contributed by atoms with E-state index in [1.807, 2.05) is 19.1 Å². The highest BCUT2D eigenvalue weighted by molar-refractivity contribution is 4.98. The van der Waals surface area contributed by atoms with Crippen molar-refractivity contribution in [2.75, 3.05) is 6.61 Å². The first-order valence-electron chi connectivity index (χ1n) is 3.35. The molecule has 0 radical (unpaired) electrons. The highest BCUT2D eigenvalue weighted by Crippen LogP contribution is 1.82. The number of hydrogen-bond donors (Lipinski definition) is 0. The third kappa shape index (κ3) is 7.28. The van der Waals surface area contributed by atoms with Gasteiger partial charge in [0.1, 0.15) is 0 Å². The van der Waals surface area contributed by atoms with Crippen molar-refractivity contribution in [1.82, 2.24) is 0 Å². The first-order chi connectivity index (χ1) is 4.41. The first-order valence-corrected chi connectivity index (χ1v) is 3.35. The maximum atomic E-state index is 4.95. The Labute approximate surface area is 57.0 Å². The zero-order valence-corrected chi connectivity index (χ0v) is 6.13. The maximum Gasteiger partial charge on any atom is 0.0845 e. The molecule has 0 aliphatic carbocycles. The summed E-state index contributed by atoms with van der Waals surface area (Å²) < 4.78 is 4.95. The molecule has 0 spiro atoms. The van der Waals surface area contributed by atoms with E-state index in [0.717, 1.165) is 13.0 Å². The lowest BCUT2D eigenvalue weighted by atomic mass is 10.4. The molecule has 0 aromatic rings. The van der Waals surface area contributed by atoms with E-state index in [1.165, 1.54) is 0 Å². The van der Waals surface area contributed by atoms with Crippen LogP contribution in [0, 0.1) is 0 Å². The minimum absolute atomic E-state index is 0.746. The largest absolute Gasteiger partial charge is 0.501 e. The molecule has 0 aromatic heterocycles. The fraction of sp³-hybridized carbons (Fsp3) is 0.500. The molecule has 0 bridgehead atoms. The lowest BCUT2D eigenvalue weighted by Crippen LogP contribution is -1.74. The van der Waals surface area contributed by atoms with Crippen molar-refractivity contribution in [3.8, 4) is 0 Å². The molecule has 0 aliphatic rings. The Morgan fingerprint density at radius 3 is 2.56 bits per heavy atom. The fourth-order valence-corrected chi connectivity index (χ4v) is 0.412. The molecular formula is C8H14O. The van der Waals surface area contributed by atoms with Crippen molar-refractivity contribution in [3.63, 3.8) is 0 Å². The van der Waals surface area contributed by atoms with Gasteiger partial charge >= 0.3 is 0 Å². The Hall–Kier alpha value is -0.720. The predicted molar refractivity (Wildman–Crippen MR) is 40.2 cm³/mol. The van der Waals surface area contributed by atoms with E-state index in [4.69, 9.17) is 4.74 Å². The lowest BCUT2D eigenvalue weighted by molar-refractivity contribution is 0.269. The van der Waals surface area contributed by atoms with Crippen LogP contribution in [0.1, 0.15) is 20.3 Å². The van der Waals surface area contributed by atoms with Crippen molar-refractivity contribution < 1.29 is 4.74 Å². The second-order valence-electron chi connectivity index (χ2n) is 1.62. The topological polar surface area (TPSA) is 9.23 Å². The van der Waals surface area contributed by atoms with Crippen LogP contribution in [-0.4, -0.2) is 6.61 Å². The van der Waals surface area contributed by atoms with Gasteiger partial charge < -0.3 is 4.74 Å². The summed E-state index contributed by atoms with van der Waals surface area (Å²) in [5.41, 5.74) is 0. The summed E-state index contributed by atoms with van der Waals surface area (Å²) in [5.74, 6) is 0. The van der Waals surface area contributed by atoms with Crippen LogP contribution in [0.5, 0.6) is 0 Å². The Morgan fingerprint density at radius 1 is 1.22 bits per heavy atom. The fourth-order valence-electron chi connectivity index (χ4n) is 0.412. The Kier molecular flexibility index (Phi) is 6.70. The highest BCUT2D eigenvalue weighted by Gasteiger charge is 1.65. The molecule has 0 heterocycles. The summed E-state index contributed by atoms with van der Waals surface area (Å²) in [7, 11) is 0. The van der Waals surface area contributed by atoms with Gasteiger partial charge in [0.05, 0.1) is 12.9 Å². The number of ether oxygens (including phenoxy) is 1. The van der Waals surface area contributed by atoms with Gasteiger partial charge in [-0.3, -0.25) is 0 Å². The third-order valence-corrected chi connectivity index (χ3v) is 0.824. The van der Waals surface area contributed by atoms with Crippen LogP contribution in [0.2, 0.25) is 0 Å². The van der Waals surface area contributed by atoms with Gasteiger partial charge in [-0.25, -0.2) is 0 Å². The number of hydrogen-bond acceptors (Lipinski definition) is 1. The minimum Gasteiger partial charge on any atom is -0.501 e. The van der Waals surface area contributed by atoms with Gasteiger partial charge in [-0.05, 0) is 19.4 Å². The predicted octanol–water partition coefficient (Wildman–Crippen LogP) is 2.50. The summed E-state index contributed by atoms with van der Waals surface area (Å²) in [6.45, 7) is 4.81. The Morgan fingerprint density at radius 2 is 2.00 bits per heavy atom.